The van der Waals surface area contributed by atoms with Crippen molar-refractivity contribution in [3.8, 4) is 39.6 Å². The summed E-state index contributed by atoms with van der Waals surface area (Å²) < 4.78 is 8.97. The molecule has 0 fully saturated rings. The van der Waals surface area contributed by atoms with Crippen molar-refractivity contribution in [3.05, 3.63) is 152 Å². The lowest BCUT2D eigenvalue weighted by molar-refractivity contribution is 0.673. The van der Waals surface area contributed by atoms with Gasteiger partial charge in [-0.1, -0.05) is 115 Å². The molecule has 9 aromatic rings. The average molecular weight is 564 g/mol. The Labute approximate surface area is 253 Å². The topological polar surface area (TPSA) is 43.9 Å². The second-order valence-electron chi connectivity index (χ2n) is 11.0. The number of aromatic nitrogens is 3. The number of para-hydroxylation sites is 3. The molecule has 4 heteroatoms. The summed E-state index contributed by atoms with van der Waals surface area (Å²) in [5, 5.41) is 4.31. The van der Waals surface area contributed by atoms with Gasteiger partial charge in [0, 0.05) is 38.5 Å². The van der Waals surface area contributed by atoms with Crippen LogP contribution in [0, 0.1) is 0 Å². The number of hydrogen-bond acceptors (Lipinski definition) is 3. The van der Waals surface area contributed by atoms with E-state index in [4.69, 9.17) is 14.4 Å². The van der Waals surface area contributed by atoms with Crippen LogP contribution in [0.5, 0.6) is 0 Å². The molecule has 3 aromatic heterocycles. The highest BCUT2D eigenvalue weighted by molar-refractivity contribution is 6.27. The average Bonchev–Trinajstić information content (AvgIpc) is 3.65. The molecule has 0 saturated heterocycles. The maximum absolute atomic E-state index is 6.65. The van der Waals surface area contributed by atoms with Crippen molar-refractivity contribution in [1.82, 2.24) is 14.5 Å². The number of furan rings is 1. The summed E-state index contributed by atoms with van der Waals surface area (Å²) >= 11 is 0. The molecule has 0 aliphatic rings. The van der Waals surface area contributed by atoms with E-state index in [2.05, 4.69) is 126 Å². The fourth-order valence-corrected chi connectivity index (χ4v) is 6.43. The third-order valence-electron chi connectivity index (χ3n) is 8.40. The van der Waals surface area contributed by atoms with Gasteiger partial charge in [0.05, 0.1) is 27.8 Å². The normalized spacial score (nSPS) is 11.6. The Morgan fingerprint density at radius 3 is 1.75 bits per heavy atom. The highest BCUT2D eigenvalue weighted by Crippen LogP contribution is 2.45. The SMILES string of the molecule is c1ccc(-c2cc(-c3ccccc3)nc(-c3cc4c5ccccc5oc4c4c5ccccc5n(-c5ccccc5)c34)n2)cc1. The van der Waals surface area contributed by atoms with Crippen LogP contribution in [0.3, 0.4) is 0 Å². The van der Waals surface area contributed by atoms with E-state index < -0.39 is 0 Å². The van der Waals surface area contributed by atoms with Gasteiger partial charge in [-0.05, 0) is 36.4 Å². The number of nitrogens with zero attached hydrogens (tertiary/aromatic N) is 3. The van der Waals surface area contributed by atoms with Crippen molar-refractivity contribution in [2.45, 2.75) is 0 Å². The minimum absolute atomic E-state index is 0.669. The number of rotatable bonds is 4. The van der Waals surface area contributed by atoms with E-state index in [0.717, 1.165) is 77.5 Å². The first-order valence-electron chi connectivity index (χ1n) is 14.8. The van der Waals surface area contributed by atoms with E-state index >= 15 is 0 Å². The molecule has 0 bridgehead atoms. The van der Waals surface area contributed by atoms with Gasteiger partial charge in [-0.3, -0.25) is 0 Å². The molecule has 206 valence electrons. The second kappa shape index (κ2) is 9.79. The zero-order valence-corrected chi connectivity index (χ0v) is 23.7. The molecule has 0 aliphatic heterocycles. The van der Waals surface area contributed by atoms with Crippen LogP contribution < -0.4 is 0 Å². The molecule has 0 unspecified atom stereocenters. The molecule has 3 heterocycles. The summed E-state index contributed by atoms with van der Waals surface area (Å²) in [6.45, 7) is 0. The van der Waals surface area contributed by atoms with E-state index in [1.807, 2.05) is 30.3 Å². The summed E-state index contributed by atoms with van der Waals surface area (Å²) in [6.07, 6.45) is 0. The van der Waals surface area contributed by atoms with E-state index in [1.54, 1.807) is 0 Å². The molecule has 0 amide bonds. The first kappa shape index (κ1) is 24.6. The maximum atomic E-state index is 6.65. The van der Waals surface area contributed by atoms with Gasteiger partial charge in [0.15, 0.2) is 5.82 Å². The summed E-state index contributed by atoms with van der Waals surface area (Å²) in [5.41, 5.74) is 9.72. The monoisotopic (exact) mass is 563 g/mol. The molecular weight excluding hydrogens is 538 g/mol. The van der Waals surface area contributed by atoms with Gasteiger partial charge in [0.25, 0.3) is 0 Å². The minimum atomic E-state index is 0.669. The van der Waals surface area contributed by atoms with Gasteiger partial charge in [-0.25, -0.2) is 9.97 Å². The first-order chi connectivity index (χ1) is 21.8. The van der Waals surface area contributed by atoms with E-state index in [-0.39, 0.29) is 0 Å². The fourth-order valence-electron chi connectivity index (χ4n) is 6.43. The van der Waals surface area contributed by atoms with Crippen LogP contribution in [-0.2, 0) is 0 Å². The zero-order valence-electron chi connectivity index (χ0n) is 23.7. The van der Waals surface area contributed by atoms with Gasteiger partial charge >= 0.3 is 0 Å². The highest BCUT2D eigenvalue weighted by Gasteiger charge is 2.24. The van der Waals surface area contributed by atoms with Crippen LogP contribution >= 0.6 is 0 Å². The predicted molar refractivity (Wildman–Crippen MR) is 180 cm³/mol. The van der Waals surface area contributed by atoms with Gasteiger partial charge in [0.2, 0.25) is 0 Å². The van der Waals surface area contributed by atoms with Gasteiger partial charge in [0.1, 0.15) is 11.2 Å². The van der Waals surface area contributed by atoms with Crippen LogP contribution in [0.1, 0.15) is 0 Å². The molecule has 9 rings (SSSR count). The first-order valence-corrected chi connectivity index (χ1v) is 14.8. The van der Waals surface area contributed by atoms with Gasteiger partial charge in [-0.15, -0.1) is 0 Å². The molecule has 0 aliphatic carbocycles. The molecule has 0 saturated carbocycles. The fraction of sp³-hybridized carbons (Fsp3) is 0. The summed E-state index contributed by atoms with van der Waals surface area (Å²) in [6, 6.07) is 52.3. The van der Waals surface area contributed by atoms with Gasteiger partial charge in [-0.2, -0.15) is 0 Å². The van der Waals surface area contributed by atoms with Crippen molar-refractivity contribution in [2.24, 2.45) is 0 Å². The Hall–Kier alpha value is -6.00. The molecule has 0 atom stereocenters. The van der Waals surface area contributed by atoms with E-state index in [1.165, 1.54) is 0 Å². The Morgan fingerprint density at radius 1 is 0.500 bits per heavy atom. The number of benzene rings is 6. The Morgan fingerprint density at radius 2 is 1.07 bits per heavy atom. The van der Waals surface area contributed by atoms with Crippen LogP contribution in [-0.4, -0.2) is 14.5 Å². The molecule has 6 aromatic carbocycles. The Bertz CT molecular complexity index is 2420. The standard InChI is InChI=1S/C40H25N3O/c1-4-14-26(15-5-1)33-25-34(27-16-6-2-7-17-27)42-40(41-33)32-24-31-29-20-11-13-23-36(29)44-39(31)37-30-21-10-12-22-35(30)43(38(32)37)28-18-8-3-9-19-28/h1-25H. The van der Waals surface area contributed by atoms with E-state index in [0.29, 0.717) is 5.82 Å². The predicted octanol–water partition coefficient (Wildman–Crippen LogP) is 10.5. The maximum Gasteiger partial charge on any atom is 0.162 e. The Balaban J connectivity index is 1.48. The highest BCUT2D eigenvalue weighted by atomic mass is 16.3. The molecule has 0 spiro atoms. The zero-order chi connectivity index (χ0) is 29.0. The number of fused-ring (bicyclic) bond motifs is 7. The van der Waals surface area contributed by atoms with Crippen LogP contribution in [0.25, 0.3) is 83.3 Å². The molecule has 0 N–H and O–H groups in total. The molecule has 0 radical (unpaired) electrons. The smallest absolute Gasteiger partial charge is 0.162 e. The lowest BCUT2D eigenvalue weighted by Crippen LogP contribution is -1.99. The van der Waals surface area contributed by atoms with Crippen LogP contribution in [0.4, 0.5) is 0 Å². The van der Waals surface area contributed by atoms with Crippen molar-refractivity contribution < 1.29 is 4.42 Å². The summed E-state index contributed by atoms with van der Waals surface area (Å²) in [4.78, 5) is 10.5. The molecular formula is C40H25N3O. The van der Waals surface area contributed by atoms with Crippen molar-refractivity contribution >= 4 is 43.7 Å². The van der Waals surface area contributed by atoms with E-state index in [9.17, 15) is 0 Å². The van der Waals surface area contributed by atoms with Crippen molar-refractivity contribution in [1.29, 1.82) is 0 Å². The third-order valence-corrected chi connectivity index (χ3v) is 8.40. The van der Waals surface area contributed by atoms with Crippen LogP contribution in [0.2, 0.25) is 0 Å². The minimum Gasteiger partial charge on any atom is -0.455 e. The lowest BCUT2D eigenvalue weighted by Gasteiger charge is -2.13. The third kappa shape index (κ3) is 3.78. The van der Waals surface area contributed by atoms with Gasteiger partial charge < -0.3 is 8.98 Å². The van der Waals surface area contributed by atoms with Crippen LogP contribution in [0.15, 0.2) is 156 Å². The Kier molecular flexibility index (Phi) is 5.47. The summed E-state index contributed by atoms with van der Waals surface area (Å²) in [5.74, 6) is 0.669. The van der Waals surface area contributed by atoms with Crippen molar-refractivity contribution in [2.75, 3.05) is 0 Å². The summed E-state index contributed by atoms with van der Waals surface area (Å²) in [7, 11) is 0. The molecule has 44 heavy (non-hydrogen) atoms. The lowest BCUT2D eigenvalue weighted by atomic mass is 10.0. The number of hydrogen-bond donors (Lipinski definition) is 0. The van der Waals surface area contributed by atoms with Crippen molar-refractivity contribution in [3.63, 3.8) is 0 Å². The quantitative estimate of drug-likeness (QED) is 0.214. The molecule has 4 nitrogen and oxygen atoms in total. The largest absolute Gasteiger partial charge is 0.455 e. The second-order valence-corrected chi connectivity index (χ2v) is 11.0.